The number of carbonyl (C=O) groups excluding carboxylic acids is 1. The summed E-state index contributed by atoms with van der Waals surface area (Å²) in [5.74, 6) is 0.218. The number of allylic oxidation sites excluding steroid dienone is 5. The highest BCUT2D eigenvalue weighted by Crippen LogP contribution is 1.94. The van der Waals surface area contributed by atoms with Crippen molar-refractivity contribution in [3.05, 3.63) is 36.1 Å². The van der Waals surface area contributed by atoms with E-state index in [1.807, 2.05) is 37.3 Å². The van der Waals surface area contributed by atoms with Crippen molar-refractivity contribution in [2.45, 2.75) is 26.7 Å². The monoisotopic (exact) mass is 179 g/mol. The van der Waals surface area contributed by atoms with Crippen LogP contribution in [0.4, 0.5) is 0 Å². The molecule has 0 amide bonds. The van der Waals surface area contributed by atoms with Gasteiger partial charge in [-0.15, -0.1) is 0 Å². The Morgan fingerprint density at radius 1 is 1.46 bits per heavy atom. The van der Waals surface area contributed by atoms with E-state index in [-0.39, 0.29) is 5.78 Å². The molecule has 0 spiro atoms. The summed E-state index contributed by atoms with van der Waals surface area (Å²) in [7, 11) is 0. The van der Waals surface area contributed by atoms with E-state index in [0.29, 0.717) is 6.42 Å². The van der Waals surface area contributed by atoms with Crippen LogP contribution in [-0.2, 0) is 4.79 Å². The fraction of sp³-hybridized carbons (Fsp3) is 0.364. The van der Waals surface area contributed by atoms with Crippen molar-refractivity contribution in [2.24, 2.45) is 5.73 Å². The van der Waals surface area contributed by atoms with Crippen molar-refractivity contribution in [3.8, 4) is 0 Å². The maximum Gasteiger partial charge on any atom is 0.130 e. The lowest BCUT2D eigenvalue weighted by atomic mass is 10.2. The first-order chi connectivity index (χ1) is 6.16. The van der Waals surface area contributed by atoms with Crippen molar-refractivity contribution < 1.29 is 4.79 Å². The van der Waals surface area contributed by atoms with Crippen LogP contribution in [0.2, 0.25) is 0 Å². The number of rotatable bonds is 5. The van der Waals surface area contributed by atoms with Gasteiger partial charge in [0.05, 0.1) is 0 Å². The number of nitrogens with two attached hydrogens (primary N) is 1. The predicted molar refractivity (Wildman–Crippen MR) is 56.1 cm³/mol. The molecule has 0 unspecified atom stereocenters. The molecule has 0 atom stereocenters. The van der Waals surface area contributed by atoms with E-state index in [1.165, 1.54) is 0 Å². The third kappa shape index (κ3) is 8.60. The third-order valence-corrected chi connectivity index (χ3v) is 1.45. The molecule has 0 rings (SSSR count). The normalized spacial score (nSPS) is 12.9. The zero-order valence-corrected chi connectivity index (χ0v) is 8.29. The van der Waals surface area contributed by atoms with Crippen LogP contribution in [0.5, 0.6) is 0 Å². The van der Waals surface area contributed by atoms with Crippen molar-refractivity contribution >= 4 is 5.78 Å². The number of carbonyl (C=O) groups is 1. The van der Waals surface area contributed by atoms with Crippen LogP contribution >= 0.6 is 0 Å². The van der Waals surface area contributed by atoms with Gasteiger partial charge in [-0.1, -0.05) is 18.2 Å². The lowest BCUT2D eigenvalue weighted by Crippen LogP contribution is -1.90. The van der Waals surface area contributed by atoms with Crippen molar-refractivity contribution in [1.29, 1.82) is 0 Å². The summed E-state index contributed by atoms with van der Waals surface area (Å²) in [6, 6.07) is 0. The summed E-state index contributed by atoms with van der Waals surface area (Å²) in [6.45, 7) is 3.51. The molecule has 0 radical (unpaired) electrons. The molecule has 72 valence electrons. The van der Waals surface area contributed by atoms with Crippen molar-refractivity contribution in [1.82, 2.24) is 0 Å². The lowest BCUT2D eigenvalue weighted by Gasteiger charge is -1.88. The van der Waals surface area contributed by atoms with E-state index >= 15 is 0 Å². The molecule has 0 aliphatic rings. The summed E-state index contributed by atoms with van der Waals surface area (Å²) in [5.41, 5.74) is 6.31. The topological polar surface area (TPSA) is 43.1 Å². The highest BCUT2D eigenvalue weighted by atomic mass is 16.1. The summed E-state index contributed by atoms with van der Waals surface area (Å²) < 4.78 is 0. The number of Topliss-reactive ketones (excluding diaryl/α,β-unsaturated/α-hetero) is 1. The van der Waals surface area contributed by atoms with Crippen LogP contribution in [0.25, 0.3) is 0 Å². The van der Waals surface area contributed by atoms with Gasteiger partial charge >= 0.3 is 0 Å². The van der Waals surface area contributed by atoms with Gasteiger partial charge in [0.1, 0.15) is 5.78 Å². The highest BCUT2D eigenvalue weighted by molar-refractivity contribution is 5.75. The molecule has 0 aliphatic carbocycles. The lowest BCUT2D eigenvalue weighted by molar-refractivity contribution is -0.116. The minimum Gasteiger partial charge on any atom is -0.399 e. The van der Waals surface area contributed by atoms with Crippen LogP contribution in [-0.4, -0.2) is 5.78 Å². The molecule has 0 aliphatic heterocycles. The van der Waals surface area contributed by atoms with Gasteiger partial charge in [0, 0.05) is 12.1 Å². The minimum atomic E-state index is 0.218. The highest BCUT2D eigenvalue weighted by Gasteiger charge is 1.87. The molecular formula is C11H17NO. The van der Waals surface area contributed by atoms with Crippen LogP contribution in [0.3, 0.4) is 0 Å². The van der Waals surface area contributed by atoms with Crippen molar-refractivity contribution in [2.75, 3.05) is 0 Å². The van der Waals surface area contributed by atoms with Gasteiger partial charge < -0.3 is 10.5 Å². The van der Waals surface area contributed by atoms with E-state index in [9.17, 15) is 4.79 Å². The van der Waals surface area contributed by atoms with E-state index in [0.717, 1.165) is 12.1 Å². The van der Waals surface area contributed by atoms with Crippen LogP contribution in [0.15, 0.2) is 36.1 Å². The smallest absolute Gasteiger partial charge is 0.130 e. The van der Waals surface area contributed by atoms with Gasteiger partial charge in [-0.3, -0.25) is 0 Å². The molecule has 2 nitrogen and oxygen atoms in total. The maximum absolute atomic E-state index is 10.6. The summed E-state index contributed by atoms with van der Waals surface area (Å²) >= 11 is 0. The zero-order valence-electron chi connectivity index (χ0n) is 8.29. The van der Waals surface area contributed by atoms with E-state index in [4.69, 9.17) is 5.73 Å². The molecule has 0 saturated carbocycles. The Balaban J connectivity index is 3.73. The molecule has 0 aromatic heterocycles. The third-order valence-electron chi connectivity index (χ3n) is 1.45. The minimum absolute atomic E-state index is 0.218. The second-order valence-electron chi connectivity index (χ2n) is 2.84. The zero-order chi connectivity index (χ0) is 10.1. The Bertz CT molecular complexity index is 236. The first-order valence-electron chi connectivity index (χ1n) is 4.41. The van der Waals surface area contributed by atoms with Gasteiger partial charge in [0.25, 0.3) is 0 Å². The molecule has 2 N–H and O–H groups in total. The van der Waals surface area contributed by atoms with E-state index in [2.05, 4.69) is 0 Å². The van der Waals surface area contributed by atoms with Gasteiger partial charge in [-0.05, 0) is 32.4 Å². The molecule has 0 bridgehead atoms. The van der Waals surface area contributed by atoms with E-state index in [1.54, 1.807) is 6.92 Å². The number of ketones is 1. The fourth-order valence-electron chi connectivity index (χ4n) is 0.810. The Kier molecular flexibility index (Phi) is 6.60. The first-order valence-corrected chi connectivity index (χ1v) is 4.41. The van der Waals surface area contributed by atoms with Gasteiger partial charge in [0.2, 0.25) is 0 Å². The Labute approximate surface area is 79.8 Å². The van der Waals surface area contributed by atoms with Crippen LogP contribution in [0, 0.1) is 0 Å². The first kappa shape index (κ1) is 11.7. The molecule has 0 aromatic carbocycles. The summed E-state index contributed by atoms with van der Waals surface area (Å²) in [6.07, 6.45) is 10.7. The second-order valence-corrected chi connectivity index (χ2v) is 2.84. The molecule has 13 heavy (non-hydrogen) atoms. The average Bonchev–Trinajstić information content (AvgIpc) is 2.03. The molecule has 0 saturated heterocycles. The molecule has 0 heterocycles. The Morgan fingerprint density at radius 2 is 2.15 bits per heavy atom. The number of hydrogen-bond donors (Lipinski definition) is 1. The quantitative estimate of drug-likeness (QED) is 0.658. The largest absolute Gasteiger partial charge is 0.399 e. The standard InChI is InChI=1S/C11H17NO/c1-3-7-11(12)9-6-4-5-8-10(2)13/h3-4,6-7,9H,5,8,12H2,1-2H3/b6-4+,7-3-,11-9+. The average molecular weight is 179 g/mol. The number of hydrogen-bond acceptors (Lipinski definition) is 2. The maximum atomic E-state index is 10.6. The summed E-state index contributed by atoms with van der Waals surface area (Å²) in [4.78, 5) is 10.6. The Morgan fingerprint density at radius 3 is 2.69 bits per heavy atom. The van der Waals surface area contributed by atoms with Gasteiger partial charge in [-0.25, -0.2) is 0 Å². The molecule has 2 heteroatoms. The van der Waals surface area contributed by atoms with Gasteiger partial charge in [0.15, 0.2) is 0 Å². The van der Waals surface area contributed by atoms with Crippen molar-refractivity contribution in [3.63, 3.8) is 0 Å². The van der Waals surface area contributed by atoms with Crippen LogP contribution < -0.4 is 5.73 Å². The molecular weight excluding hydrogens is 162 g/mol. The fourth-order valence-corrected chi connectivity index (χ4v) is 0.810. The van der Waals surface area contributed by atoms with Gasteiger partial charge in [-0.2, -0.15) is 0 Å². The van der Waals surface area contributed by atoms with Crippen LogP contribution in [0.1, 0.15) is 26.7 Å². The predicted octanol–water partition coefficient (Wildman–Crippen LogP) is 2.33. The van der Waals surface area contributed by atoms with E-state index < -0.39 is 0 Å². The molecule has 0 aromatic rings. The second kappa shape index (κ2) is 7.35. The molecule has 0 fully saturated rings. The summed E-state index contributed by atoms with van der Waals surface area (Å²) in [5, 5.41) is 0. The Hall–Kier alpha value is -1.31. The SMILES string of the molecule is C\C=C/C(N)=C\C=C\CCC(C)=O.